The van der Waals surface area contributed by atoms with Crippen LogP contribution in [0.3, 0.4) is 0 Å². The molecule has 2 aromatic carbocycles. The van der Waals surface area contributed by atoms with Crippen LogP contribution in [0.25, 0.3) is 0 Å². The van der Waals surface area contributed by atoms with Crippen molar-refractivity contribution < 1.29 is 22.3 Å². The van der Waals surface area contributed by atoms with Crippen LogP contribution in [0.1, 0.15) is 18.5 Å². The number of hydrogen-bond donors (Lipinski definition) is 1. The van der Waals surface area contributed by atoms with E-state index in [9.17, 15) is 12.8 Å². The van der Waals surface area contributed by atoms with E-state index in [1.165, 1.54) is 20.3 Å². The summed E-state index contributed by atoms with van der Waals surface area (Å²) >= 11 is 5.66. The van der Waals surface area contributed by atoms with Gasteiger partial charge in [0.15, 0.2) is 0 Å². The third kappa shape index (κ3) is 3.98. The highest BCUT2D eigenvalue weighted by Crippen LogP contribution is 2.30. The molecule has 1 atom stereocenters. The molecule has 0 radical (unpaired) electrons. The summed E-state index contributed by atoms with van der Waals surface area (Å²) in [6, 6.07) is 7.74. The predicted molar refractivity (Wildman–Crippen MR) is 89.7 cm³/mol. The van der Waals surface area contributed by atoms with Crippen molar-refractivity contribution >= 4 is 21.6 Å². The van der Waals surface area contributed by atoms with E-state index in [2.05, 4.69) is 4.72 Å². The summed E-state index contributed by atoms with van der Waals surface area (Å²) < 4.78 is 51.6. The second-order valence-corrected chi connectivity index (χ2v) is 7.14. The zero-order valence-electron chi connectivity index (χ0n) is 13.3. The van der Waals surface area contributed by atoms with Crippen molar-refractivity contribution in [3.8, 4) is 11.5 Å². The third-order valence-electron chi connectivity index (χ3n) is 3.42. The Morgan fingerprint density at radius 3 is 2.42 bits per heavy atom. The van der Waals surface area contributed by atoms with E-state index in [1.54, 1.807) is 25.1 Å². The zero-order chi connectivity index (χ0) is 17.9. The Morgan fingerprint density at radius 1 is 1.12 bits per heavy atom. The second kappa shape index (κ2) is 7.38. The second-order valence-electron chi connectivity index (χ2n) is 5.03. The number of rotatable bonds is 6. The first-order chi connectivity index (χ1) is 11.3. The van der Waals surface area contributed by atoms with Gasteiger partial charge in [0.2, 0.25) is 10.0 Å². The molecule has 2 rings (SSSR count). The lowest BCUT2D eigenvalue weighted by atomic mass is 10.1. The van der Waals surface area contributed by atoms with Crippen molar-refractivity contribution in [3.63, 3.8) is 0 Å². The quantitative estimate of drug-likeness (QED) is 0.841. The molecule has 8 heteroatoms. The summed E-state index contributed by atoms with van der Waals surface area (Å²) in [5.41, 5.74) is 0.565. The number of halogens is 2. The van der Waals surface area contributed by atoms with Gasteiger partial charge in [-0.25, -0.2) is 17.5 Å². The van der Waals surface area contributed by atoms with Crippen LogP contribution >= 0.6 is 11.6 Å². The van der Waals surface area contributed by atoms with Crippen LogP contribution in [0.5, 0.6) is 11.5 Å². The van der Waals surface area contributed by atoms with E-state index in [0.29, 0.717) is 17.1 Å². The van der Waals surface area contributed by atoms with Crippen LogP contribution in [0.2, 0.25) is 5.02 Å². The van der Waals surface area contributed by atoms with E-state index in [0.717, 1.165) is 12.1 Å². The maximum absolute atomic E-state index is 13.9. The average Bonchev–Trinajstić information content (AvgIpc) is 2.53. The molecule has 0 aliphatic carbocycles. The van der Waals surface area contributed by atoms with Crippen molar-refractivity contribution in [1.82, 2.24) is 4.72 Å². The largest absolute Gasteiger partial charge is 0.497 e. The minimum Gasteiger partial charge on any atom is -0.497 e. The molecule has 0 aromatic heterocycles. The summed E-state index contributed by atoms with van der Waals surface area (Å²) in [6.07, 6.45) is 0. The Hall–Kier alpha value is -1.83. The highest BCUT2D eigenvalue weighted by molar-refractivity contribution is 7.89. The van der Waals surface area contributed by atoms with Gasteiger partial charge < -0.3 is 9.47 Å². The Morgan fingerprint density at radius 2 is 1.83 bits per heavy atom. The summed E-state index contributed by atoms with van der Waals surface area (Å²) in [5, 5.41) is 0.119. The van der Waals surface area contributed by atoms with Crippen molar-refractivity contribution in [2.45, 2.75) is 17.9 Å². The molecular weight excluding hydrogens is 357 g/mol. The molecule has 2 aromatic rings. The van der Waals surface area contributed by atoms with Crippen LogP contribution in [0.15, 0.2) is 41.3 Å². The minimum atomic E-state index is -4.08. The highest BCUT2D eigenvalue weighted by Gasteiger charge is 2.24. The molecule has 0 aliphatic heterocycles. The maximum atomic E-state index is 13.9. The van der Waals surface area contributed by atoms with Crippen molar-refractivity contribution in [2.24, 2.45) is 0 Å². The molecule has 130 valence electrons. The maximum Gasteiger partial charge on any atom is 0.244 e. The summed E-state index contributed by atoms with van der Waals surface area (Å²) in [4.78, 5) is -0.472. The fourth-order valence-corrected chi connectivity index (χ4v) is 3.67. The van der Waals surface area contributed by atoms with E-state index < -0.39 is 26.8 Å². The summed E-state index contributed by atoms with van der Waals surface area (Å²) in [6.45, 7) is 1.63. The molecule has 0 aliphatic rings. The molecule has 5 nitrogen and oxygen atoms in total. The molecule has 0 saturated heterocycles. The number of nitrogens with one attached hydrogen (secondary N) is 1. The van der Waals surface area contributed by atoms with Crippen molar-refractivity contribution in [1.29, 1.82) is 0 Å². The molecule has 0 saturated carbocycles. The number of sulfonamides is 1. The summed E-state index contributed by atoms with van der Waals surface area (Å²) in [7, 11) is -1.10. The van der Waals surface area contributed by atoms with Crippen LogP contribution in [0, 0.1) is 5.82 Å². The van der Waals surface area contributed by atoms with Gasteiger partial charge in [0.1, 0.15) is 22.2 Å². The van der Waals surface area contributed by atoms with Crippen LogP contribution < -0.4 is 14.2 Å². The first kappa shape index (κ1) is 18.5. The van der Waals surface area contributed by atoms with E-state index in [4.69, 9.17) is 21.1 Å². The monoisotopic (exact) mass is 373 g/mol. The zero-order valence-corrected chi connectivity index (χ0v) is 14.9. The highest BCUT2D eigenvalue weighted by atomic mass is 35.5. The normalized spacial score (nSPS) is 12.7. The Kier molecular flexibility index (Phi) is 5.69. The van der Waals surface area contributed by atoms with Crippen LogP contribution in [-0.4, -0.2) is 22.6 Å². The molecule has 0 fully saturated rings. The van der Waals surface area contributed by atoms with Gasteiger partial charge >= 0.3 is 0 Å². The van der Waals surface area contributed by atoms with E-state index in [1.807, 2.05) is 0 Å². The van der Waals surface area contributed by atoms with E-state index >= 15 is 0 Å². The smallest absolute Gasteiger partial charge is 0.244 e. The van der Waals surface area contributed by atoms with Gasteiger partial charge in [-0.1, -0.05) is 11.6 Å². The molecule has 0 unspecified atom stereocenters. The van der Waals surface area contributed by atoms with Gasteiger partial charge in [0.05, 0.1) is 14.2 Å². The predicted octanol–water partition coefficient (Wildman–Crippen LogP) is 3.54. The average molecular weight is 374 g/mol. The van der Waals surface area contributed by atoms with Gasteiger partial charge in [-0.3, -0.25) is 0 Å². The van der Waals surface area contributed by atoms with Crippen molar-refractivity contribution in [2.75, 3.05) is 14.2 Å². The first-order valence-electron chi connectivity index (χ1n) is 6.98. The number of benzene rings is 2. The SMILES string of the molecule is COc1ccc(OC)c([C@H](C)NS(=O)(=O)c2ccc(Cl)cc2F)c1. The van der Waals surface area contributed by atoms with Gasteiger partial charge in [0, 0.05) is 16.6 Å². The molecule has 0 bridgehead atoms. The third-order valence-corrected chi connectivity index (χ3v) is 5.23. The van der Waals surface area contributed by atoms with Crippen molar-refractivity contribution in [3.05, 3.63) is 52.8 Å². The van der Waals surface area contributed by atoms with Gasteiger partial charge in [-0.15, -0.1) is 0 Å². The molecule has 0 amide bonds. The first-order valence-corrected chi connectivity index (χ1v) is 8.84. The number of hydrogen-bond acceptors (Lipinski definition) is 4. The van der Waals surface area contributed by atoms with Gasteiger partial charge in [-0.05, 0) is 43.3 Å². The molecule has 0 spiro atoms. The Labute approximate surface area is 145 Å². The van der Waals surface area contributed by atoms with Crippen LogP contribution in [-0.2, 0) is 10.0 Å². The number of ether oxygens (including phenoxy) is 2. The molecule has 1 N–H and O–H groups in total. The minimum absolute atomic E-state index is 0.119. The fraction of sp³-hybridized carbons (Fsp3) is 0.250. The topological polar surface area (TPSA) is 64.6 Å². The van der Waals surface area contributed by atoms with Crippen LogP contribution in [0.4, 0.5) is 4.39 Å². The lowest BCUT2D eigenvalue weighted by molar-refractivity contribution is 0.395. The van der Waals surface area contributed by atoms with Gasteiger partial charge in [-0.2, -0.15) is 0 Å². The standard InChI is InChI=1S/C16H17ClFNO4S/c1-10(13-9-12(22-2)5-6-15(13)23-3)19-24(20,21)16-7-4-11(17)8-14(16)18/h4-10,19H,1-3H3/t10-/m0/s1. The molecule has 24 heavy (non-hydrogen) atoms. The number of methoxy groups -OCH3 is 2. The van der Waals surface area contributed by atoms with E-state index in [-0.39, 0.29) is 5.02 Å². The lowest BCUT2D eigenvalue weighted by Crippen LogP contribution is -2.28. The Balaban J connectivity index is 2.36. The Bertz CT molecular complexity index is 842. The van der Waals surface area contributed by atoms with Gasteiger partial charge in [0.25, 0.3) is 0 Å². The fourth-order valence-electron chi connectivity index (χ4n) is 2.23. The summed E-state index contributed by atoms with van der Waals surface area (Å²) in [5.74, 6) is 0.122. The molecule has 0 heterocycles. The lowest BCUT2D eigenvalue weighted by Gasteiger charge is -2.18. The molecular formula is C16H17ClFNO4S.